The van der Waals surface area contributed by atoms with E-state index in [1.54, 1.807) is 13.3 Å². The summed E-state index contributed by atoms with van der Waals surface area (Å²) in [7, 11) is 3.68. The average Bonchev–Trinajstić information content (AvgIpc) is 2.93. The van der Waals surface area contributed by atoms with E-state index in [4.69, 9.17) is 4.74 Å². The Labute approximate surface area is 126 Å². The monoisotopic (exact) mass is 288 g/mol. The SMILES string of the molecule is CNC(CCc1ccncc1)c1c(OC)cnn1C(C)C. The van der Waals surface area contributed by atoms with Crippen LogP contribution in [0.2, 0.25) is 0 Å². The maximum Gasteiger partial charge on any atom is 0.161 e. The van der Waals surface area contributed by atoms with Crippen molar-refractivity contribution in [1.82, 2.24) is 20.1 Å². The molecular weight excluding hydrogens is 264 g/mol. The van der Waals surface area contributed by atoms with Gasteiger partial charge >= 0.3 is 0 Å². The first-order valence-corrected chi connectivity index (χ1v) is 7.35. The first-order valence-electron chi connectivity index (χ1n) is 7.35. The number of hydrogen-bond donors (Lipinski definition) is 1. The average molecular weight is 288 g/mol. The molecule has 2 rings (SSSR count). The molecule has 0 aliphatic rings. The molecule has 0 saturated heterocycles. The highest BCUT2D eigenvalue weighted by Crippen LogP contribution is 2.30. The minimum atomic E-state index is 0.206. The van der Waals surface area contributed by atoms with Crippen molar-refractivity contribution in [2.45, 2.75) is 38.8 Å². The lowest BCUT2D eigenvalue weighted by molar-refractivity contribution is 0.383. The molecule has 0 fully saturated rings. The molecule has 0 saturated carbocycles. The van der Waals surface area contributed by atoms with E-state index in [0.717, 1.165) is 24.3 Å². The number of nitrogens with one attached hydrogen (secondary N) is 1. The van der Waals surface area contributed by atoms with Gasteiger partial charge in [-0.2, -0.15) is 5.10 Å². The molecule has 0 aromatic carbocycles. The fourth-order valence-corrected chi connectivity index (χ4v) is 2.53. The lowest BCUT2D eigenvalue weighted by atomic mass is 10.0. The molecule has 0 bridgehead atoms. The summed E-state index contributed by atoms with van der Waals surface area (Å²) in [5, 5.41) is 7.84. The maximum atomic E-state index is 5.48. The highest BCUT2D eigenvalue weighted by Gasteiger charge is 2.21. The van der Waals surface area contributed by atoms with Gasteiger partial charge in [-0.1, -0.05) is 0 Å². The smallest absolute Gasteiger partial charge is 0.161 e. The quantitative estimate of drug-likeness (QED) is 0.851. The van der Waals surface area contributed by atoms with Crippen LogP contribution in [0.25, 0.3) is 0 Å². The van der Waals surface area contributed by atoms with Crippen LogP contribution in [0.15, 0.2) is 30.7 Å². The van der Waals surface area contributed by atoms with E-state index in [9.17, 15) is 0 Å². The van der Waals surface area contributed by atoms with Crippen LogP contribution in [0, 0.1) is 0 Å². The van der Waals surface area contributed by atoms with Gasteiger partial charge in [0.25, 0.3) is 0 Å². The van der Waals surface area contributed by atoms with E-state index >= 15 is 0 Å². The van der Waals surface area contributed by atoms with E-state index in [2.05, 4.69) is 41.4 Å². The number of ether oxygens (including phenoxy) is 1. The highest BCUT2D eigenvalue weighted by atomic mass is 16.5. The van der Waals surface area contributed by atoms with Crippen molar-refractivity contribution in [2.75, 3.05) is 14.2 Å². The number of pyridine rings is 1. The third kappa shape index (κ3) is 3.61. The van der Waals surface area contributed by atoms with E-state index in [1.165, 1.54) is 5.56 Å². The number of aryl methyl sites for hydroxylation is 1. The van der Waals surface area contributed by atoms with Crippen molar-refractivity contribution >= 4 is 0 Å². The van der Waals surface area contributed by atoms with Gasteiger partial charge in [0.2, 0.25) is 0 Å². The van der Waals surface area contributed by atoms with E-state index in [-0.39, 0.29) is 6.04 Å². The van der Waals surface area contributed by atoms with Gasteiger partial charge in [0, 0.05) is 18.4 Å². The van der Waals surface area contributed by atoms with Gasteiger partial charge in [-0.3, -0.25) is 9.67 Å². The number of hydrogen-bond acceptors (Lipinski definition) is 4. The minimum Gasteiger partial charge on any atom is -0.493 e. The highest BCUT2D eigenvalue weighted by molar-refractivity contribution is 5.29. The fourth-order valence-electron chi connectivity index (χ4n) is 2.53. The summed E-state index contributed by atoms with van der Waals surface area (Å²) in [4.78, 5) is 4.06. The van der Waals surface area contributed by atoms with Crippen LogP contribution in [0.5, 0.6) is 5.75 Å². The topological polar surface area (TPSA) is 52.0 Å². The summed E-state index contributed by atoms with van der Waals surface area (Å²) in [6, 6.07) is 4.63. The molecule has 114 valence electrons. The van der Waals surface area contributed by atoms with Crippen LogP contribution < -0.4 is 10.1 Å². The molecule has 5 nitrogen and oxygen atoms in total. The first kappa shape index (κ1) is 15.5. The zero-order valence-corrected chi connectivity index (χ0v) is 13.2. The van der Waals surface area contributed by atoms with Gasteiger partial charge in [-0.15, -0.1) is 0 Å². The molecule has 0 aliphatic heterocycles. The molecule has 0 spiro atoms. The predicted octanol–water partition coefficient (Wildman–Crippen LogP) is 2.76. The second-order valence-electron chi connectivity index (χ2n) is 5.37. The van der Waals surface area contributed by atoms with Gasteiger partial charge in [0.1, 0.15) is 0 Å². The molecule has 2 aromatic heterocycles. The zero-order valence-electron chi connectivity index (χ0n) is 13.2. The standard InChI is InChI=1S/C16H24N4O/c1-12(2)20-16(15(21-4)11-19-20)14(17-3)6-5-13-7-9-18-10-8-13/h7-12,14,17H,5-6H2,1-4H3. The predicted molar refractivity (Wildman–Crippen MR) is 83.5 cm³/mol. The van der Waals surface area contributed by atoms with E-state index in [1.807, 2.05) is 24.1 Å². The maximum absolute atomic E-state index is 5.48. The molecular formula is C16H24N4O. The van der Waals surface area contributed by atoms with Crippen molar-refractivity contribution in [3.8, 4) is 5.75 Å². The molecule has 1 N–H and O–H groups in total. The third-order valence-corrected chi connectivity index (χ3v) is 3.66. The van der Waals surface area contributed by atoms with Crippen LogP contribution in [-0.2, 0) is 6.42 Å². The number of methoxy groups -OCH3 is 1. The van der Waals surface area contributed by atoms with E-state index in [0.29, 0.717) is 6.04 Å². The Morgan fingerprint density at radius 2 is 2.00 bits per heavy atom. The van der Waals surface area contributed by atoms with E-state index < -0.39 is 0 Å². The summed E-state index contributed by atoms with van der Waals surface area (Å²) in [5.41, 5.74) is 2.41. The van der Waals surface area contributed by atoms with Crippen molar-refractivity contribution in [3.05, 3.63) is 42.0 Å². The van der Waals surface area contributed by atoms with Crippen LogP contribution in [-0.4, -0.2) is 28.9 Å². The van der Waals surface area contributed by atoms with Gasteiger partial charge in [0.15, 0.2) is 5.75 Å². The molecule has 2 heterocycles. The molecule has 0 aliphatic carbocycles. The normalized spacial score (nSPS) is 12.6. The van der Waals surface area contributed by atoms with Gasteiger partial charge in [0.05, 0.1) is 25.0 Å². The van der Waals surface area contributed by atoms with Crippen molar-refractivity contribution in [2.24, 2.45) is 0 Å². The van der Waals surface area contributed by atoms with Crippen LogP contribution in [0.4, 0.5) is 0 Å². The number of aromatic nitrogens is 3. The summed E-state index contributed by atoms with van der Waals surface area (Å²) in [6.07, 6.45) is 7.44. The Hall–Kier alpha value is -1.88. The summed E-state index contributed by atoms with van der Waals surface area (Å²) >= 11 is 0. The third-order valence-electron chi connectivity index (χ3n) is 3.66. The van der Waals surface area contributed by atoms with Crippen molar-refractivity contribution in [3.63, 3.8) is 0 Å². The molecule has 2 aromatic rings. The first-order chi connectivity index (χ1) is 10.2. The van der Waals surface area contributed by atoms with Crippen LogP contribution in [0.1, 0.15) is 43.6 Å². The van der Waals surface area contributed by atoms with Crippen LogP contribution in [0.3, 0.4) is 0 Å². The largest absolute Gasteiger partial charge is 0.493 e. The Morgan fingerprint density at radius 3 is 2.57 bits per heavy atom. The second kappa shape index (κ2) is 7.22. The van der Waals surface area contributed by atoms with Gasteiger partial charge < -0.3 is 10.1 Å². The second-order valence-corrected chi connectivity index (χ2v) is 5.37. The Balaban J connectivity index is 2.19. The molecule has 1 unspecified atom stereocenters. The lowest BCUT2D eigenvalue weighted by Gasteiger charge is -2.21. The molecule has 5 heteroatoms. The fraction of sp³-hybridized carbons (Fsp3) is 0.500. The number of nitrogens with zero attached hydrogens (tertiary/aromatic N) is 3. The van der Waals surface area contributed by atoms with Gasteiger partial charge in [-0.05, 0) is 51.4 Å². The molecule has 0 radical (unpaired) electrons. The Bertz CT molecular complexity index is 551. The molecule has 1 atom stereocenters. The van der Waals surface area contributed by atoms with Crippen molar-refractivity contribution < 1.29 is 4.74 Å². The summed E-state index contributed by atoms with van der Waals surface area (Å²) < 4.78 is 7.51. The zero-order chi connectivity index (χ0) is 15.2. The lowest BCUT2D eigenvalue weighted by Crippen LogP contribution is -2.22. The Morgan fingerprint density at radius 1 is 1.29 bits per heavy atom. The molecule has 0 amide bonds. The summed E-state index contributed by atoms with van der Waals surface area (Å²) in [6.45, 7) is 4.26. The summed E-state index contributed by atoms with van der Waals surface area (Å²) in [5.74, 6) is 0.845. The number of rotatable bonds is 7. The Kier molecular flexibility index (Phi) is 5.33. The van der Waals surface area contributed by atoms with Gasteiger partial charge in [-0.25, -0.2) is 0 Å². The van der Waals surface area contributed by atoms with Crippen molar-refractivity contribution in [1.29, 1.82) is 0 Å². The molecule has 21 heavy (non-hydrogen) atoms. The van der Waals surface area contributed by atoms with Crippen LogP contribution >= 0.6 is 0 Å². The minimum absolute atomic E-state index is 0.206.